The molecule has 0 bridgehead atoms. The van der Waals surface area contributed by atoms with Crippen molar-refractivity contribution in [1.82, 2.24) is 15.1 Å². The Kier molecular flexibility index (Phi) is 7.43. The van der Waals surface area contributed by atoms with Crippen molar-refractivity contribution in [1.29, 1.82) is 0 Å². The number of fused-ring (bicyclic) bond motifs is 1. The first-order valence-electron chi connectivity index (χ1n) is 13.2. The van der Waals surface area contributed by atoms with Crippen LogP contribution in [0.4, 0.5) is 10.2 Å². The van der Waals surface area contributed by atoms with Gasteiger partial charge < -0.3 is 9.73 Å². The Morgan fingerprint density at radius 1 is 1.02 bits per heavy atom. The van der Waals surface area contributed by atoms with E-state index in [1.807, 2.05) is 42.5 Å². The molecule has 0 radical (unpaired) electrons. The molecule has 0 saturated heterocycles. The topological polar surface area (TPSA) is 80.4 Å². The SMILES string of the molecule is Cc1ccccc1C1SCC(=O)N(CC(=O)NCc2ccco2)c2c1c(-c1ccccc1)nn2-c1ccc(F)cc1. The molecule has 0 saturated carbocycles. The summed E-state index contributed by atoms with van der Waals surface area (Å²) in [6, 6.07) is 27.4. The maximum absolute atomic E-state index is 14.0. The molecule has 2 amide bonds. The minimum absolute atomic E-state index is 0.163. The first-order valence-corrected chi connectivity index (χ1v) is 14.3. The number of carbonyl (C=O) groups excluding carboxylic acids is 2. The minimum atomic E-state index is -0.381. The van der Waals surface area contributed by atoms with Gasteiger partial charge in [0.15, 0.2) is 0 Å². The number of thioether (sulfide) groups is 1. The van der Waals surface area contributed by atoms with Crippen molar-refractivity contribution in [3.05, 3.63) is 126 Å². The molecule has 206 valence electrons. The molecule has 0 spiro atoms. The van der Waals surface area contributed by atoms with E-state index in [-0.39, 0.29) is 41.7 Å². The van der Waals surface area contributed by atoms with E-state index in [0.29, 0.717) is 23.0 Å². The van der Waals surface area contributed by atoms with Gasteiger partial charge in [0.1, 0.15) is 23.9 Å². The van der Waals surface area contributed by atoms with Crippen molar-refractivity contribution < 1.29 is 18.4 Å². The number of anilines is 1. The third-order valence-corrected chi connectivity index (χ3v) is 8.26. The lowest BCUT2D eigenvalue weighted by Crippen LogP contribution is -2.42. The fraction of sp³-hybridized carbons (Fsp3) is 0.156. The third-order valence-electron chi connectivity index (χ3n) is 7.02. The molecule has 0 fully saturated rings. The highest BCUT2D eigenvalue weighted by molar-refractivity contribution is 8.00. The van der Waals surface area contributed by atoms with Gasteiger partial charge in [-0.1, -0.05) is 54.6 Å². The molecule has 3 aromatic carbocycles. The van der Waals surface area contributed by atoms with Gasteiger partial charge in [0, 0.05) is 11.1 Å². The van der Waals surface area contributed by atoms with Crippen LogP contribution in [0.2, 0.25) is 0 Å². The molecule has 41 heavy (non-hydrogen) atoms. The summed E-state index contributed by atoms with van der Waals surface area (Å²) in [5, 5.41) is 7.64. The van der Waals surface area contributed by atoms with E-state index in [0.717, 1.165) is 22.3 Å². The average molecular weight is 567 g/mol. The van der Waals surface area contributed by atoms with Crippen molar-refractivity contribution in [2.45, 2.75) is 18.7 Å². The zero-order valence-electron chi connectivity index (χ0n) is 22.3. The zero-order valence-corrected chi connectivity index (χ0v) is 23.1. The maximum Gasteiger partial charge on any atom is 0.240 e. The Morgan fingerprint density at radius 2 is 1.78 bits per heavy atom. The Hall–Kier alpha value is -4.63. The summed E-state index contributed by atoms with van der Waals surface area (Å²) in [6.45, 7) is 2.04. The number of benzene rings is 3. The van der Waals surface area contributed by atoms with Gasteiger partial charge in [-0.25, -0.2) is 9.07 Å². The van der Waals surface area contributed by atoms with Crippen molar-refractivity contribution >= 4 is 29.4 Å². The smallest absolute Gasteiger partial charge is 0.240 e. The van der Waals surface area contributed by atoms with Crippen LogP contribution < -0.4 is 10.2 Å². The number of furan rings is 1. The van der Waals surface area contributed by atoms with Crippen molar-refractivity contribution in [2.24, 2.45) is 0 Å². The van der Waals surface area contributed by atoms with Gasteiger partial charge in [0.05, 0.1) is 35.2 Å². The molecule has 1 N–H and O–H groups in total. The molecule has 9 heteroatoms. The van der Waals surface area contributed by atoms with Crippen LogP contribution in [0.1, 0.15) is 27.7 Å². The predicted octanol–water partition coefficient (Wildman–Crippen LogP) is 6.07. The molecule has 6 rings (SSSR count). The molecule has 7 nitrogen and oxygen atoms in total. The Balaban J connectivity index is 1.54. The van der Waals surface area contributed by atoms with Crippen LogP contribution in [0.3, 0.4) is 0 Å². The second kappa shape index (κ2) is 11.5. The molecular weight excluding hydrogens is 539 g/mol. The van der Waals surface area contributed by atoms with Crippen LogP contribution in [0.15, 0.2) is 102 Å². The van der Waals surface area contributed by atoms with Crippen molar-refractivity contribution in [3.63, 3.8) is 0 Å². The number of hydrogen-bond donors (Lipinski definition) is 1. The van der Waals surface area contributed by atoms with Gasteiger partial charge in [-0.05, 0) is 54.4 Å². The second-order valence-corrected chi connectivity index (χ2v) is 10.8. The number of aromatic nitrogens is 2. The highest BCUT2D eigenvalue weighted by Gasteiger charge is 2.38. The number of nitrogens with zero attached hydrogens (tertiary/aromatic N) is 3. The lowest BCUT2D eigenvalue weighted by molar-refractivity contribution is -0.123. The number of halogens is 1. The van der Waals surface area contributed by atoms with E-state index < -0.39 is 0 Å². The number of hydrogen-bond acceptors (Lipinski definition) is 5. The fourth-order valence-electron chi connectivity index (χ4n) is 5.02. The summed E-state index contributed by atoms with van der Waals surface area (Å²) in [7, 11) is 0. The predicted molar refractivity (Wildman–Crippen MR) is 157 cm³/mol. The first-order chi connectivity index (χ1) is 20.0. The Bertz CT molecular complexity index is 1680. The quantitative estimate of drug-likeness (QED) is 0.259. The summed E-state index contributed by atoms with van der Waals surface area (Å²) in [6.07, 6.45) is 1.54. The Labute approximate surface area is 241 Å². The van der Waals surface area contributed by atoms with Crippen LogP contribution in [0, 0.1) is 12.7 Å². The molecule has 5 aromatic rings. The van der Waals surface area contributed by atoms with Gasteiger partial charge in [-0.2, -0.15) is 5.10 Å². The van der Waals surface area contributed by atoms with E-state index in [1.54, 1.807) is 35.2 Å². The Morgan fingerprint density at radius 3 is 2.51 bits per heavy atom. The number of aryl methyl sites for hydroxylation is 1. The van der Waals surface area contributed by atoms with Gasteiger partial charge >= 0.3 is 0 Å². The van der Waals surface area contributed by atoms with E-state index in [2.05, 4.69) is 24.4 Å². The zero-order chi connectivity index (χ0) is 28.3. The van der Waals surface area contributed by atoms with Crippen LogP contribution in [0.5, 0.6) is 0 Å². The van der Waals surface area contributed by atoms with Crippen LogP contribution >= 0.6 is 11.8 Å². The van der Waals surface area contributed by atoms with Gasteiger partial charge in [0.25, 0.3) is 0 Å². The van der Waals surface area contributed by atoms with Crippen molar-refractivity contribution in [2.75, 3.05) is 17.2 Å². The second-order valence-electron chi connectivity index (χ2n) is 9.72. The summed E-state index contributed by atoms with van der Waals surface area (Å²) < 4.78 is 21.0. The maximum atomic E-state index is 14.0. The average Bonchev–Trinajstić information content (AvgIpc) is 3.62. The van der Waals surface area contributed by atoms with Gasteiger partial charge in [-0.3, -0.25) is 14.5 Å². The summed E-state index contributed by atoms with van der Waals surface area (Å²) in [4.78, 5) is 28.5. The first kappa shape index (κ1) is 26.6. The monoisotopic (exact) mass is 566 g/mol. The van der Waals surface area contributed by atoms with E-state index in [1.165, 1.54) is 28.8 Å². The largest absolute Gasteiger partial charge is 0.467 e. The normalized spacial score (nSPS) is 14.9. The van der Waals surface area contributed by atoms with E-state index in [9.17, 15) is 14.0 Å². The molecule has 2 aromatic heterocycles. The minimum Gasteiger partial charge on any atom is -0.467 e. The van der Waals surface area contributed by atoms with Crippen molar-refractivity contribution in [3.8, 4) is 16.9 Å². The van der Waals surface area contributed by atoms with Gasteiger partial charge in [-0.15, -0.1) is 11.8 Å². The third kappa shape index (κ3) is 5.40. The number of carbonyl (C=O) groups is 2. The van der Waals surface area contributed by atoms with E-state index in [4.69, 9.17) is 9.52 Å². The summed E-state index contributed by atoms with van der Waals surface area (Å²) >= 11 is 1.51. The van der Waals surface area contributed by atoms with Crippen LogP contribution in [-0.4, -0.2) is 33.9 Å². The number of nitrogens with one attached hydrogen (secondary N) is 1. The number of rotatable bonds is 7. The molecule has 0 aliphatic carbocycles. The number of amides is 2. The summed E-state index contributed by atoms with van der Waals surface area (Å²) in [5.41, 5.74) is 5.12. The molecule has 1 unspecified atom stereocenters. The van der Waals surface area contributed by atoms with E-state index >= 15 is 0 Å². The van der Waals surface area contributed by atoms with Gasteiger partial charge in [0.2, 0.25) is 11.8 Å². The fourth-order valence-corrected chi connectivity index (χ4v) is 6.31. The van der Waals surface area contributed by atoms with Crippen LogP contribution in [0.25, 0.3) is 16.9 Å². The standard InChI is InChI=1S/C32H27FN4O3S/c1-21-8-5-6-12-26(21)31-29-30(22-9-3-2-4-10-22)35-37(24-15-13-23(33)14-16-24)32(29)36(28(39)20-41-31)19-27(38)34-18-25-11-7-17-40-25/h2-17,31H,18-20H2,1H3,(H,34,38). The summed E-state index contributed by atoms with van der Waals surface area (Å²) in [5.74, 6) is 0.327. The molecule has 1 aliphatic rings. The highest BCUT2D eigenvalue weighted by atomic mass is 32.2. The lowest BCUT2D eigenvalue weighted by atomic mass is 9.97. The van der Waals surface area contributed by atoms with Crippen LogP contribution in [-0.2, 0) is 16.1 Å². The molecule has 3 heterocycles. The molecular formula is C32H27FN4O3S. The lowest BCUT2D eigenvalue weighted by Gasteiger charge is -2.23. The highest BCUT2D eigenvalue weighted by Crippen LogP contribution is 2.49. The molecule has 1 atom stereocenters. The molecule has 1 aliphatic heterocycles.